The maximum atomic E-state index is 12.7. The molecule has 0 radical (unpaired) electrons. The van der Waals surface area contributed by atoms with Crippen LogP contribution in [-0.4, -0.2) is 27.7 Å². The molecule has 4 aliphatic carbocycles. The van der Waals surface area contributed by atoms with Gasteiger partial charge in [0, 0.05) is 6.04 Å². The zero-order chi connectivity index (χ0) is 18.4. The Labute approximate surface area is 165 Å². The Kier molecular flexibility index (Phi) is 4.46. The SMILES string of the molecule is CCC(NC(=O)CSc1nc2ccccc2[nH]1)C12CC3CC(CC(C3)C1)C2. The van der Waals surface area contributed by atoms with E-state index in [9.17, 15) is 4.79 Å². The van der Waals surface area contributed by atoms with E-state index in [2.05, 4.69) is 22.2 Å². The van der Waals surface area contributed by atoms with Gasteiger partial charge >= 0.3 is 0 Å². The Morgan fingerprint density at radius 1 is 1.22 bits per heavy atom. The van der Waals surface area contributed by atoms with Crippen molar-refractivity contribution in [2.75, 3.05) is 5.75 Å². The number of carbonyl (C=O) groups is 1. The summed E-state index contributed by atoms with van der Waals surface area (Å²) in [6.45, 7) is 2.25. The number of para-hydroxylation sites is 2. The second kappa shape index (κ2) is 6.84. The van der Waals surface area contributed by atoms with Crippen molar-refractivity contribution < 1.29 is 4.79 Å². The second-order valence-electron chi connectivity index (χ2n) is 9.16. The van der Waals surface area contributed by atoms with E-state index in [4.69, 9.17) is 0 Å². The number of hydrogen-bond donors (Lipinski definition) is 2. The van der Waals surface area contributed by atoms with E-state index < -0.39 is 0 Å². The maximum absolute atomic E-state index is 12.7. The molecular formula is C22H29N3OS. The molecule has 2 aromatic rings. The number of imidazole rings is 1. The molecule has 1 unspecified atom stereocenters. The standard InChI is InChI=1S/C22H29N3OS/c1-2-19(22-10-14-7-15(11-22)9-16(8-14)12-22)25-20(26)13-27-21-23-17-5-3-4-6-18(17)24-21/h3-6,14-16,19H,2,7-13H2,1H3,(H,23,24)(H,25,26). The van der Waals surface area contributed by atoms with Crippen molar-refractivity contribution in [1.29, 1.82) is 0 Å². The first-order chi connectivity index (χ1) is 13.1. The highest BCUT2D eigenvalue weighted by Gasteiger charge is 2.53. The number of benzene rings is 1. The lowest BCUT2D eigenvalue weighted by Crippen LogP contribution is -2.57. The molecule has 4 saturated carbocycles. The van der Waals surface area contributed by atoms with Crippen LogP contribution in [0.2, 0.25) is 0 Å². The summed E-state index contributed by atoms with van der Waals surface area (Å²) in [5.41, 5.74) is 2.37. The van der Waals surface area contributed by atoms with Crippen LogP contribution in [0, 0.1) is 23.2 Å². The second-order valence-corrected chi connectivity index (χ2v) is 10.1. The van der Waals surface area contributed by atoms with Crippen molar-refractivity contribution in [2.24, 2.45) is 23.2 Å². The normalized spacial score (nSPS) is 32.7. The monoisotopic (exact) mass is 383 g/mol. The fourth-order valence-corrected chi connectivity index (χ4v) is 7.36. The van der Waals surface area contributed by atoms with Gasteiger partial charge in [0.1, 0.15) is 0 Å². The summed E-state index contributed by atoms with van der Waals surface area (Å²) in [6.07, 6.45) is 9.42. The molecule has 0 aliphatic heterocycles. The highest BCUT2D eigenvalue weighted by Crippen LogP contribution is 2.61. The summed E-state index contributed by atoms with van der Waals surface area (Å²) in [4.78, 5) is 20.6. The molecule has 1 aromatic heterocycles. The first kappa shape index (κ1) is 17.6. The van der Waals surface area contributed by atoms with Crippen LogP contribution in [0.4, 0.5) is 0 Å². The molecule has 1 atom stereocenters. The number of rotatable bonds is 6. The van der Waals surface area contributed by atoms with Crippen LogP contribution in [0.25, 0.3) is 11.0 Å². The van der Waals surface area contributed by atoms with Crippen LogP contribution in [-0.2, 0) is 4.79 Å². The van der Waals surface area contributed by atoms with Crippen molar-refractivity contribution in [3.05, 3.63) is 24.3 Å². The van der Waals surface area contributed by atoms with Crippen LogP contribution in [0.3, 0.4) is 0 Å². The van der Waals surface area contributed by atoms with Gasteiger partial charge in [-0.2, -0.15) is 0 Å². The van der Waals surface area contributed by atoms with Gasteiger partial charge < -0.3 is 10.3 Å². The Hall–Kier alpha value is -1.49. The van der Waals surface area contributed by atoms with Crippen molar-refractivity contribution in [3.63, 3.8) is 0 Å². The summed E-state index contributed by atoms with van der Waals surface area (Å²) in [5, 5.41) is 4.25. The van der Waals surface area contributed by atoms with Crippen molar-refractivity contribution >= 4 is 28.7 Å². The van der Waals surface area contributed by atoms with E-state index in [1.165, 1.54) is 50.3 Å². The van der Waals surface area contributed by atoms with Crippen LogP contribution in [0.15, 0.2) is 29.4 Å². The molecule has 0 saturated heterocycles. The van der Waals surface area contributed by atoms with Gasteiger partial charge in [-0.15, -0.1) is 0 Å². The third-order valence-electron chi connectivity index (χ3n) is 7.28. The molecule has 1 aromatic carbocycles. The molecule has 1 heterocycles. The summed E-state index contributed by atoms with van der Waals surface area (Å²) in [6, 6.07) is 8.35. The zero-order valence-electron chi connectivity index (χ0n) is 16.0. The third-order valence-corrected chi connectivity index (χ3v) is 8.15. The number of thioether (sulfide) groups is 1. The zero-order valence-corrected chi connectivity index (χ0v) is 16.9. The topological polar surface area (TPSA) is 57.8 Å². The van der Waals surface area contributed by atoms with Crippen LogP contribution in [0.1, 0.15) is 51.9 Å². The predicted octanol–water partition coefficient (Wildman–Crippen LogP) is 4.77. The van der Waals surface area contributed by atoms with Crippen molar-refractivity contribution in [3.8, 4) is 0 Å². The molecular weight excluding hydrogens is 354 g/mol. The summed E-state index contributed by atoms with van der Waals surface area (Å²) >= 11 is 1.51. The van der Waals surface area contributed by atoms with Crippen molar-refractivity contribution in [1.82, 2.24) is 15.3 Å². The molecule has 6 rings (SSSR count). The van der Waals surface area contributed by atoms with Crippen LogP contribution < -0.4 is 5.32 Å². The van der Waals surface area contributed by atoms with E-state index >= 15 is 0 Å². The van der Waals surface area contributed by atoms with Gasteiger partial charge in [0.25, 0.3) is 0 Å². The largest absolute Gasteiger partial charge is 0.352 e. The average Bonchev–Trinajstić information content (AvgIpc) is 3.06. The first-order valence-electron chi connectivity index (χ1n) is 10.5. The molecule has 27 heavy (non-hydrogen) atoms. The number of H-pyrrole nitrogens is 1. The molecule has 4 fully saturated rings. The van der Waals surface area contributed by atoms with E-state index in [-0.39, 0.29) is 5.91 Å². The van der Waals surface area contributed by atoms with Gasteiger partial charge in [0.05, 0.1) is 16.8 Å². The Balaban J connectivity index is 1.23. The minimum Gasteiger partial charge on any atom is -0.352 e. The summed E-state index contributed by atoms with van der Waals surface area (Å²) in [5.74, 6) is 3.36. The highest BCUT2D eigenvalue weighted by molar-refractivity contribution is 7.99. The number of fused-ring (bicyclic) bond motifs is 1. The number of carbonyl (C=O) groups excluding carboxylic acids is 1. The Morgan fingerprint density at radius 3 is 2.52 bits per heavy atom. The maximum Gasteiger partial charge on any atom is 0.230 e. The minimum absolute atomic E-state index is 0.156. The lowest BCUT2D eigenvalue weighted by atomic mass is 9.47. The molecule has 144 valence electrons. The summed E-state index contributed by atoms with van der Waals surface area (Å²) < 4.78 is 0. The highest BCUT2D eigenvalue weighted by atomic mass is 32.2. The molecule has 1 amide bonds. The quantitative estimate of drug-likeness (QED) is 0.707. The van der Waals surface area contributed by atoms with Crippen molar-refractivity contribution in [2.45, 2.75) is 63.1 Å². The molecule has 4 aliphatic rings. The van der Waals surface area contributed by atoms with Gasteiger partial charge in [-0.05, 0) is 80.2 Å². The summed E-state index contributed by atoms with van der Waals surface area (Å²) in [7, 11) is 0. The number of aromatic nitrogens is 2. The van der Waals surface area contributed by atoms with Crippen LogP contribution in [0.5, 0.6) is 0 Å². The lowest BCUT2D eigenvalue weighted by molar-refractivity contribution is -0.124. The van der Waals surface area contributed by atoms with Gasteiger partial charge in [0.2, 0.25) is 5.91 Å². The minimum atomic E-state index is 0.156. The lowest BCUT2D eigenvalue weighted by Gasteiger charge is -2.59. The Bertz CT molecular complexity index is 777. The molecule has 4 bridgehead atoms. The fraction of sp³-hybridized carbons (Fsp3) is 0.636. The molecule has 4 nitrogen and oxygen atoms in total. The van der Waals surface area contributed by atoms with E-state index in [0.29, 0.717) is 17.2 Å². The number of hydrogen-bond acceptors (Lipinski definition) is 3. The predicted molar refractivity (Wildman–Crippen MR) is 110 cm³/mol. The fourth-order valence-electron chi connectivity index (χ4n) is 6.66. The smallest absolute Gasteiger partial charge is 0.230 e. The first-order valence-corrected chi connectivity index (χ1v) is 11.5. The average molecular weight is 384 g/mol. The van der Waals surface area contributed by atoms with Gasteiger partial charge in [-0.3, -0.25) is 4.79 Å². The number of amides is 1. The Morgan fingerprint density at radius 2 is 1.89 bits per heavy atom. The van der Waals surface area contributed by atoms with Crippen LogP contribution >= 0.6 is 11.8 Å². The molecule has 2 N–H and O–H groups in total. The van der Waals surface area contributed by atoms with Gasteiger partial charge in [-0.1, -0.05) is 30.8 Å². The third kappa shape index (κ3) is 3.28. The number of nitrogens with zero attached hydrogens (tertiary/aromatic N) is 1. The van der Waals surface area contributed by atoms with E-state index in [1.807, 2.05) is 24.3 Å². The molecule has 0 spiro atoms. The van der Waals surface area contributed by atoms with Gasteiger partial charge in [0.15, 0.2) is 5.16 Å². The van der Waals surface area contributed by atoms with Gasteiger partial charge in [-0.25, -0.2) is 4.98 Å². The van der Waals surface area contributed by atoms with E-state index in [1.54, 1.807) is 0 Å². The number of nitrogens with one attached hydrogen (secondary N) is 2. The molecule has 5 heteroatoms. The van der Waals surface area contributed by atoms with E-state index in [0.717, 1.165) is 40.4 Å². The number of aromatic amines is 1.